The Kier molecular flexibility index (Phi) is 8.08. The van der Waals surface area contributed by atoms with Gasteiger partial charge in [-0.1, -0.05) is 0 Å². The van der Waals surface area contributed by atoms with E-state index in [1.165, 1.54) is 0 Å². The van der Waals surface area contributed by atoms with Gasteiger partial charge in [0.25, 0.3) is 5.69 Å². The molecule has 10 heteroatoms. The van der Waals surface area contributed by atoms with Gasteiger partial charge in [0.2, 0.25) is 0 Å². The predicted octanol–water partition coefficient (Wildman–Crippen LogP) is -5.79. The van der Waals surface area contributed by atoms with Crippen LogP contribution in [0, 0.1) is 10.1 Å². The number of hydrogen-bond donors (Lipinski definition) is 1. The Morgan fingerprint density at radius 1 is 1.25 bits per heavy atom. The molecule has 0 spiro atoms. The van der Waals surface area contributed by atoms with E-state index in [0.717, 1.165) is 12.1 Å². The van der Waals surface area contributed by atoms with Gasteiger partial charge < -0.3 is 9.66 Å². The van der Waals surface area contributed by atoms with Crippen LogP contribution < -0.4 is 59.1 Å². The first-order valence-corrected chi connectivity index (χ1v) is 4.66. The summed E-state index contributed by atoms with van der Waals surface area (Å²) in [7, 11) is -4.89. The van der Waals surface area contributed by atoms with Crippen LogP contribution in [0.2, 0.25) is 0 Å². The SMILES string of the molecule is O=[N+]([O-])c1ccc(O)c(S(=O)(=O)[O-])c1.[Na+].[Na+]. The number of phenolic OH excluding ortho intramolecular Hbond substituents is 1. The first-order chi connectivity index (χ1) is 6.32. The molecular weight excluding hydrogens is 260 g/mol. The zero-order chi connectivity index (χ0) is 10.9. The van der Waals surface area contributed by atoms with Gasteiger partial charge in [-0.05, 0) is 6.07 Å². The minimum Gasteiger partial charge on any atom is -0.744 e. The molecule has 1 aromatic rings. The van der Waals surface area contributed by atoms with E-state index in [9.17, 15) is 23.1 Å². The van der Waals surface area contributed by atoms with Crippen molar-refractivity contribution in [1.29, 1.82) is 0 Å². The molecule has 16 heavy (non-hydrogen) atoms. The average molecular weight is 264 g/mol. The summed E-state index contributed by atoms with van der Waals surface area (Å²) in [6, 6.07) is 2.19. The molecule has 1 N–H and O–H groups in total. The van der Waals surface area contributed by atoms with Crippen molar-refractivity contribution in [2.45, 2.75) is 4.90 Å². The maximum absolute atomic E-state index is 10.5. The van der Waals surface area contributed by atoms with Gasteiger partial charge in [0.1, 0.15) is 20.8 Å². The van der Waals surface area contributed by atoms with E-state index in [0.29, 0.717) is 6.07 Å². The van der Waals surface area contributed by atoms with Gasteiger partial charge in [-0.2, -0.15) is 0 Å². The molecule has 0 aliphatic heterocycles. The average Bonchev–Trinajstić information content (AvgIpc) is 2.02. The van der Waals surface area contributed by atoms with Crippen LogP contribution in [0.25, 0.3) is 0 Å². The second-order valence-corrected chi connectivity index (χ2v) is 3.71. The molecule has 0 fully saturated rings. The number of nitro groups is 1. The third-order valence-electron chi connectivity index (χ3n) is 1.42. The number of aromatic hydroxyl groups is 1. The Bertz CT molecular complexity index is 488. The first kappa shape index (κ1) is 18.7. The fraction of sp³-hybridized carbons (Fsp3) is 0. The molecule has 1 aromatic carbocycles. The number of non-ortho nitro benzene ring substituents is 1. The molecule has 0 radical (unpaired) electrons. The molecule has 0 amide bonds. The fourth-order valence-corrected chi connectivity index (χ4v) is 1.41. The van der Waals surface area contributed by atoms with Crippen LogP contribution in [-0.2, 0) is 10.1 Å². The molecule has 76 valence electrons. The van der Waals surface area contributed by atoms with Crippen LogP contribution in [0.5, 0.6) is 5.75 Å². The maximum atomic E-state index is 10.5. The van der Waals surface area contributed by atoms with Gasteiger partial charge in [0.15, 0.2) is 0 Å². The fourth-order valence-electron chi connectivity index (χ4n) is 0.817. The molecule has 0 aliphatic carbocycles. The van der Waals surface area contributed by atoms with Gasteiger partial charge >= 0.3 is 59.1 Å². The van der Waals surface area contributed by atoms with E-state index in [1.807, 2.05) is 0 Å². The molecule has 0 heterocycles. The second kappa shape index (κ2) is 6.92. The summed E-state index contributed by atoms with van der Waals surface area (Å²) in [4.78, 5) is 8.36. The minimum absolute atomic E-state index is 0. The van der Waals surface area contributed by atoms with Crippen molar-refractivity contribution >= 4 is 15.8 Å². The number of nitrogens with zero attached hydrogens (tertiary/aromatic N) is 1. The summed E-state index contributed by atoms with van der Waals surface area (Å²) in [5, 5.41) is 19.2. The molecule has 0 unspecified atom stereocenters. The standard InChI is InChI=1S/C6H5NO6S.2Na/c8-5-2-1-4(7(9)10)3-6(5)14(11,12)13;;/h1-3,8H,(H,11,12,13);;/q;2*+1/p-1. The number of hydrogen-bond acceptors (Lipinski definition) is 6. The second-order valence-electron chi connectivity index (χ2n) is 2.36. The van der Waals surface area contributed by atoms with E-state index < -0.39 is 31.4 Å². The van der Waals surface area contributed by atoms with Gasteiger partial charge in [-0.3, -0.25) is 10.1 Å². The summed E-state index contributed by atoms with van der Waals surface area (Å²) in [6.45, 7) is 0. The quantitative estimate of drug-likeness (QED) is 0.246. The van der Waals surface area contributed by atoms with Gasteiger partial charge in [0.05, 0.1) is 4.92 Å². The van der Waals surface area contributed by atoms with Gasteiger partial charge in [-0.15, -0.1) is 0 Å². The number of rotatable bonds is 2. The zero-order valence-electron chi connectivity index (χ0n) is 8.58. The summed E-state index contributed by atoms with van der Waals surface area (Å²) >= 11 is 0. The third-order valence-corrected chi connectivity index (χ3v) is 2.29. The first-order valence-electron chi connectivity index (χ1n) is 3.25. The Morgan fingerprint density at radius 3 is 2.12 bits per heavy atom. The Labute approximate surface area is 135 Å². The van der Waals surface area contributed by atoms with Crippen molar-refractivity contribution in [3.05, 3.63) is 28.3 Å². The molecule has 0 aromatic heterocycles. The summed E-state index contributed by atoms with van der Waals surface area (Å²) in [5.74, 6) is -0.800. The Balaban J connectivity index is 0. The van der Waals surface area contributed by atoms with E-state index in [2.05, 4.69) is 0 Å². The van der Waals surface area contributed by atoms with E-state index >= 15 is 0 Å². The van der Waals surface area contributed by atoms with Crippen LogP contribution >= 0.6 is 0 Å². The molecule has 0 atom stereocenters. The van der Waals surface area contributed by atoms with Crippen molar-refractivity contribution in [3.63, 3.8) is 0 Å². The monoisotopic (exact) mass is 264 g/mol. The van der Waals surface area contributed by atoms with Gasteiger partial charge in [-0.25, -0.2) is 8.42 Å². The van der Waals surface area contributed by atoms with Crippen molar-refractivity contribution < 1.29 is 82.1 Å². The summed E-state index contributed by atoms with van der Waals surface area (Å²) in [5.41, 5.74) is -0.572. The molecule has 0 bridgehead atoms. The number of benzene rings is 1. The molecule has 0 saturated carbocycles. The number of phenols is 1. The normalized spacial score (nSPS) is 9.81. The summed E-state index contributed by atoms with van der Waals surface area (Å²) < 4.78 is 31.5. The summed E-state index contributed by atoms with van der Waals surface area (Å²) in [6.07, 6.45) is 0. The Hall–Kier alpha value is 0.330. The molecule has 1 rings (SSSR count). The van der Waals surface area contributed by atoms with Crippen LogP contribution in [0.3, 0.4) is 0 Å². The van der Waals surface area contributed by atoms with E-state index in [4.69, 9.17) is 5.11 Å². The van der Waals surface area contributed by atoms with E-state index in [1.54, 1.807) is 0 Å². The molecule has 0 saturated heterocycles. The van der Waals surface area contributed by atoms with Crippen molar-refractivity contribution in [2.75, 3.05) is 0 Å². The minimum atomic E-state index is -4.89. The van der Waals surface area contributed by atoms with Crippen molar-refractivity contribution in [2.24, 2.45) is 0 Å². The largest absolute Gasteiger partial charge is 1.00 e. The van der Waals surface area contributed by atoms with Crippen LogP contribution in [0.15, 0.2) is 23.1 Å². The zero-order valence-corrected chi connectivity index (χ0v) is 13.4. The molecule has 0 aliphatic rings. The molecular formula is C6H4NNa2O6S+. The predicted molar refractivity (Wildman–Crippen MR) is 42.7 cm³/mol. The number of nitro benzene ring substituents is 1. The Morgan fingerprint density at radius 2 is 1.75 bits per heavy atom. The topological polar surface area (TPSA) is 121 Å². The van der Waals surface area contributed by atoms with Crippen LogP contribution in [0.4, 0.5) is 5.69 Å². The van der Waals surface area contributed by atoms with Crippen molar-refractivity contribution in [1.82, 2.24) is 0 Å². The van der Waals surface area contributed by atoms with Crippen molar-refractivity contribution in [3.8, 4) is 5.75 Å². The third kappa shape index (κ3) is 4.68. The molecule has 7 nitrogen and oxygen atoms in total. The van der Waals surface area contributed by atoms with Crippen LogP contribution in [0.1, 0.15) is 0 Å². The van der Waals surface area contributed by atoms with Crippen LogP contribution in [-0.4, -0.2) is 23.0 Å². The van der Waals surface area contributed by atoms with Gasteiger partial charge in [0, 0.05) is 12.1 Å². The smallest absolute Gasteiger partial charge is 0.744 e. The van der Waals surface area contributed by atoms with E-state index in [-0.39, 0.29) is 59.1 Å². The maximum Gasteiger partial charge on any atom is 1.00 e.